The number of carbonyl (C=O) groups excluding carboxylic acids is 3. The summed E-state index contributed by atoms with van der Waals surface area (Å²) < 4.78 is 67.0. The summed E-state index contributed by atoms with van der Waals surface area (Å²) in [6.07, 6.45) is -1.74. The molecule has 1 saturated heterocycles. The summed E-state index contributed by atoms with van der Waals surface area (Å²) in [6.45, 7) is 0.202. The van der Waals surface area contributed by atoms with Crippen LogP contribution in [0.4, 0.5) is 27.8 Å². The van der Waals surface area contributed by atoms with E-state index in [1.165, 1.54) is 29.4 Å². The Morgan fingerprint density at radius 2 is 1.58 bits per heavy atom. The van der Waals surface area contributed by atoms with Crippen molar-refractivity contribution >= 4 is 23.5 Å². The molecule has 38 heavy (non-hydrogen) atoms. The van der Waals surface area contributed by atoms with Gasteiger partial charge in [-0.05, 0) is 37.1 Å². The largest absolute Gasteiger partial charge is 0.417 e. The Kier molecular flexibility index (Phi) is 7.65. The normalized spacial score (nSPS) is 14.2. The van der Waals surface area contributed by atoms with Crippen molar-refractivity contribution in [2.24, 2.45) is 0 Å². The van der Waals surface area contributed by atoms with Crippen LogP contribution in [0.25, 0.3) is 0 Å². The third-order valence-electron chi connectivity index (χ3n) is 5.90. The summed E-state index contributed by atoms with van der Waals surface area (Å²) in [7, 11) is 0. The number of carbonyl (C=O) groups is 3. The van der Waals surface area contributed by atoms with Crippen molar-refractivity contribution in [3.63, 3.8) is 0 Å². The van der Waals surface area contributed by atoms with Gasteiger partial charge in [0, 0.05) is 37.6 Å². The fourth-order valence-electron chi connectivity index (χ4n) is 4.01. The molecule has 0 bridgehead atoms. The number of alkyl halides is 3. The van der Waals surface area contributed by atoms with E-state index in [4.69, 9.17) is 0 Å². The van der Waals surface area contributed by atoms with Crippen LogP contribution in [-0.4, -0.2) is 51.7 Å². The van der Waals surface area contributed by atoms with Crippen LogP contribution in [0.15, 0.2) is 54.9 Å². The second-order valence-corrected chi connectivity index (χ2v) is 8.42. The first-order valence-electron chi connectivity index (χ1n) is 11.4. The summed E-state index contributed by atoms with van der Waals surface area (Å²) in [5.74, 6) is -4.65. The van der Waals surface area contributed by atoms with E-state index >= 15 is 0 Å². The summed E-state index contributed by atoms with van der Waals surface area (Å²) in [6, 6.07) is 6.49. The van der Waals surface area contributed by atoms with Crippen molar-refractivity contribution < 1.29 is 36.3 Å². The van der Waals surface area contributed by atoms with Crippen LogP contribution in [0.1, 0.15) is 49.6 Å². The van der Waals surface area contributed by atoms with Gasteiger partial charge in [-0.3, -0.25) is 14.4 Å². The first-order chi connectivity index (χ1) is 18.0. The van der Waals surface area contributed by atoms with E-state index < -0.39 is 58.3 Å². The number of nitrogens with zero attached hydrogens (tertiary/aromatic N) is 3. The van der Waals surface area contributed by atoms with Gasteiger partial charge in [0.2, 0.25) is 0 Å². The zero-order valence-electron chi connectivity index (χ0n) is 19.6. The average Bonchev–Trinajstić information content (AvgIpc) is 2.88. The second kappa shape index (κ2) is 10.9. The number of halogens is 5. The highest BCUT2D eigenvalue weighted by atomic mass is 19.4. The van der Waals surface area contributed by atoms with Gasteiger partial charge in [-0.25, -0.2) is 18.7 Å². The maximum absolute atomic E-state index is 13.9. The first-order valence-corrected chi connectivity index (χ1v) is 11.4. The number of piperidine rings is 1. The predicted molar refractivity (Wildman–Crippen MR) is 124 cm³/mol. The second-order valence-electron chi connectivity index (χ2n) is 8.42. The fraction of sp³-hybridized carbons (Fsp3) is 0.240. The number of amides is 3. The van der Waals surface area contributed by atoms with E-state index in [0.29, 0.717) is 6.07 Å². The number of aromatic nitrogens is 2. The van der Waals surface area contributed by atoms with Gasteiger partial charge < -0.3 is 15.5 Å². The van der Waals surface area contributed by atoms with Crippen molar-refractivity contribution in [1.29, 1.82) is 0 Å². The van der Waals surface area contributed by atoms with Gasteiger partial charge in [0.05, 0.1) is 16.7 Å². The van der Waals surface area contributed by atoms with Crippen LogP contribution in [-0.2, 0) is 6.18 Å². The molecular weight excluding hydrogens is 513 g/mol. The molecule has 1 aliphatic rings. The highest BCUT2D eigenvalue weighted by Gasteiger charge is 2.36. The van der Waals surface area contributed by atoms with Gasteiger partial charge in [0.25, 0.3) is 17.7 Å². The quantitative estimate of drug-likeness (QED) is 0.482. The lowest BCUT2D eigenvalue weighted by atomic mass is 10.0. The van der Waals surface area contributed by atoms with Gasteiger partial charge >= 0.3 is 6.18 Å². The Labute approximate surface area is 212 Å². The lowest BCUT2D eigenvalue weighted by Crippen LogP contribution is -2.47. The zero-order valence-corrected chi connectivity index (χ0v) is 19.6. The lowest BCUT2D eigenvalue weighted by Gasteiger charge is -2.33. The Morgan fingerprint density at radius 3 is 2.26 bits per heavy atom. The average molecular weight is 533 g/mol. The molecule has 198 valence electrons. The molecule has 4 rings (SSSR count). The number of rotatable bonds is 5. The standard InChI is InChI=1S/C25H20F5N5O3/c26-14-5-6-17(19(27)13-14)22(36)34-21-20(31-9-10-32-21)23(37)33-15-7-11-35(12-8-15)24(38)16-3-1-2-4-18(16)25(28,29)30/h1-6,9-10,13,15H,7-8,11-12H2,(H,33,37)(H,32,34,36). The molecule has 3 amide bonds. The van der Waals surface area contributed by atoms with Crippen LogP contribution < -0.4 is 10.6 Å². The smallest absolute Gasteiger partial charge is 0.348 e. The number of hydrogen-bond donors (Lipinski definition) is 2. The van der Waals surface area contributed by atoms with E-state index in [2.05, 4.69) is 20.6 Å². The number of hydrogen-bond acceptors (Lipinski definition) is 5. The molecule has 2 heterocycles. The molecule has 0 saturated carbocycles. The van der Waals surface area contributed by atoms with Crippen molar-refractivity contribution in [3.8, 4) is 0 Å². The van der Waals surface area contributed by atoms with E-state index in [1.54, 1.807) is 0 Å². The molecule has 0 radical (unpaired) electrons. The van der Waals surface area contributed by atoms with E-state index in [-0.39, 0.29) is 37.4 Å². The fourth-order valence-corrected chi connectivity index (χ4v) is 4.01. The summed E-state index contributed by atoms with van der Waals surface area (Å²) in [5, 5.41) is 4.99. The maximum atomic E-state index is 13.9. The third-order valence-corrected chi connectivity index (χ3v) is 5.90. The molecule has 0 spiro atoms. The van der Waals surface area contributed by atoms with Gasteiger partial charge in [-0.1, -0.05) is 12.1 Å². The Balaban J connectivity index is 1.39. The molecule has 1 aliphatic heterocycles. The monoisotopic (exact) mass is 533 g/mol. The highest BCUT2D eigenvalue weighted by Crippen LogP contribution is 2.32. The molecule has 0 unspecified atom stereocenters. The van der Waals surface area contributed by atoms with E-state index in [0.717, 1.165) is 24.3 Å². The Hall–Kier alpha value is -4.42. The summed E-state index contributed by atoms with van der Waals surface area (Å²) in [4.78, 5) is 47.2. The Bertz CT molecular complexity index is 1370. The van der Waals surface area contributed by atoms with Gasteiger partial charge in [0.15, 0.2) is 11.5 Å². The molecule has 0 atom stereocenters. The molecule has 1 fully saturated rings. The van der Waals surface area contributed by atoms with Crippen molar-refractivity contribution in [2.45, 2.75) is 25.1 Å². The molecule has 3 aromatic rings. The van der Waals surface area contributed by atoms with Crippen molar-refractivity contribution in [1.82, 2.24) is 20.2 Å². The van der Waals surface area contributed by atoms with E-state index in [9.17, 15) is 36.3 Å². The molecule has 2 N–H and O–H groups in total. The highest BCUT2D eigenvalue weighted by molar-refractivity contribution is 6.07. The van der Waals surface area contributed by atoms with Crippen LogP contribution in [0.3, 0.4) is 0 Å². The van der Waals surface area contributed by atoms with Gasteiger partial charge in [0.1, 0.15) is 11.6 Å². The molecule has 13 heteroatoms. The van der Waals surface area contributed by atoms with Crippen LogP contribution in [0.5, 0.6) is 0 Å². The topological polar surface area (TPSA) is 104 Å². The van der Waals surface area contributed by atoms with Gasteiger partial charge in [-0.2, -0.15) is 13.2 Å². The van der Waals surface area contributed by atoms with Crippen molar-refractivity contribution in [2.75, 3.05) is 18.4 Å². The number of likely N-dealkylation sites (tertiary alicyclic amines) is 1. The van der Waals surface area contributed by atoms with Crippen LogP contribution in [0, 0.1) is 11.6 Å². The molecule has 0 aliphatic carbocycles. The van der Waals surface area contributed by atoms with E-state index in [1.807, 2.05) is 0 Å². The number of nitrogens with one attached hydrogen (secondary N) is 2. The SMILES string of the molecule is O=C(Nc1nccnc1C(=O)NC1CCN(C(=O)c2ccccc2C(F)(F)F)CC1)c1ccc(F)cc1F. The third kappa shape index (κ3) is 5.93. The molecule has 8 nitrogen and oxygen atoms in total. The van der Waals surface area contributed by atoms with Gasteiger partial charge in [-0.15, -0.1) is 0 Å². The van der Waals surface area contributed by atoms with Crippen LogP contribution in [0.2, 0.25) is 0 Å². The molecule has 1 aromatic heterocycles. The summed E-state index contributed by atoms with van der Waals surface area (Å²) >= 11 is 0. The molecular formula is C25H20F5N5O3. The zero-order chi connectivity index (χ0) is 27.4. The number of benzene rings is 2. The minimum absolute atomic E-state index is 0.101. The Morgan fingerprint density at radius 1 is 0.895 bits per heavy atom. The first kappa shape index (κ1) is 26.6. The predicted octanol–water partition coefficient (Wildman–Crippen LogP) is 4.06. The number of anilines is 1. The maximum Gasteiger partial charge on any atom is 0.417 e. The summed E-state index contributed by atoms with van der Waals surface area (Å²) in [5.41, 5.74) is -2.19. The lowest BCUT2D eigenvalue weighted by molar-refractivity contribution is -0.138. The minimum Gasteiger partial charge on any atom is -0.348 e. The minimum atomic E-state index is -4.68. The molecule has 2 aromatic carbocycles. The van der Waals surface area contributed by atoms with Crippen LogP contribution >= 0.6 is 0 Å². The van der Waals surface area contributed by atoms with Crippen molar-refractivity contribution in [3.05, 3.63) is 88.9 Å².